The molecule has 0 spiro atoms. The fourth-order valence-corrected chi connectivity index (χ4v) is 2.64. The molecule has 23 heavy (non-hydrogen) atoms. The summed E-state index contributed by atoms with van der Waals surface area (Å²) in [6, 6.07) is 14.0. The van der Waals surface area contributed by atoms with Crippen LogP contribution in [0.15, 0.2) is 48.5 Å². The molecule has 0 aliphatic carbocycles. The number of rotatable bonds is 2. The number of nitrogens with zero attached hydrogens (tertiary/aromatic N) is 1. The summed E-state index contributed by atoms with van der Waals surface area (Å²) in [5.41, 5.74) is 2.91. The lowest BCUT2D eigenvalue weighted by atomic mass is 10.1. The maximum absolute atomic E-state index is 12.3. The van der Waals surface area contributed by atoms with E-state index >= 15 is 0 Å². The van der Waals surface area contributed by atoms with E-state index in [4.69, 9.17) is 0 Å². The Labute approximate surface area is 133 Å². The maximum atomic E-state index is 12.3. The van der Waals surface area contributed by atoms with Gasteiger partial charge in [-0.25, -0.2) is 0 Å². The largest absolute Gasteiger partial charge is 0.318 e. The Bertz CT molecular complexity index is 781. The topological polar surface area (TPSA) is 66.5 Å². The molecule has 1 aliphatic heterocycles. The molecule has 2 aromatic carbocycles. The highest BCUT2D eigenvalue weighted by Gasteiger charge is 2.28. The Morgan fingerprint density at radius 1 is 1.00 bits per heavy atom. The first kappa shape index (κ1) is 15.0. The van der Waals surface area contributed by atoms with Gasteiger partial charge in [-0.2, -0.15) is 0 Å². The molecule has 5 heteroatoms. The summed E-state index contributed by atoms with van der Waals surface area (Å²) < 4.78 is 0. The number of amides is 2. The van der Waals surface area contributed by atoms with E-state index in [1.165, 1.54) is 11.8 Å². The van der Waals surface area contributed by atoms with E-state index in [0.29, 0.717) is 17.8 Å². The third kappa shape index (κ3) is 2.99. The fraction of sp³-hybridized carbons (Fsp3) is 0.167. The summed E-state index contributed by atoms with van der Waals surface area (Å²) in [7, 11) is 0. The Balaban J connectivity index is 1.71. The molecule has 0 bridgehead atoms. The molecule has 0 saturated heterocycles. The van der Waals surface area contributed by atoms with Crippen LogP contribution < -0.4 is 10.2 Å². The number of fused-ring (bicyclic) bond motifs is 1. The number of anilines is 2. The third-order valence-corrected chi connectivity index (χ3v) is 3.88. The van der Waals surface area contributed by atoms with Gasteiger partial charge in [0.1, 0.15) is 0 Å². The van der Waals surface area contributed by atoms with Crippen molar-refractivity contribution in [1.82, 2.24) is 0 Å². The normalized spacial score (nSPS) is 12.7. The van der Waals surface area contributed by atoms with Crippen molar-refractivity contribution in [3.8, 4) is 0 Å². The Kier molecular flexibility index (Phi) is 3.93. The zero-order valence-corrected chi connectivity index (χ0v) is 12.7. The molecule has 1 N–H and O–H groups in total. The minimum absolute atomic E-state index is 0.0485. The Morgan fingerprint density at radius 2 is 1.70 bits per heavy atom. The SMILES string of the molecule is CC(=O)c1ccc(NC(=O)C(=O)N2CCc3ccccc32)cc1. The average Bonchev–Trinajstić information content (AvgIpc) is 2.98. The van der Waals surface area contributed by atoms with E-state index in [2.05, 4.69) is 5.32 Å². The van der Waals surface area contributed by atoms with Gasteiger partial charge in [0.2, 0.25) is 0 Å². The van der Waals surface area contributed by atoms with Gasteiger partial charge in [0.05, 0.1) is 0 Å². The number of carbonyl (C=O) groups is 3. The molecule has 0 radical (unpaired) electrons. The van der Waals surface area contributed by atoms with Crippen LogP contribution in [-0.2, 0) is 16.0 Å². The predicted octanol–water partition coefficient (Wildman–Crippen LogP) is 2.42. The molecule has 0 unspecified atom stereocenters. The molecular weight excluding hydrogens is 292 g/mol. The second-order valence-corrected chi connectivity index (χ2v) is 5.42. The Morgan fingerprint density at radius 3 is 2.39 bits per heavy atom. The monoisotopic (exact) mass is 308 g/mol. The highest BCUT2D eigenvalue weighted by molar-refractivity contribution is 6.44. The molecule has 1 aliphatic rings. The lowest BCUT2D eigenvalue weighted by Gasteiger charge is -2.16. The molecule has 3 rings (SSSR count). The van der Waals surface area contributed by atoms with Crippen LogP contribution in [-0.4, -0.2) is 24.1 Å². The molecule has 0 aromatic heterocycles. The fourth-order valence-electron chi connectivity index (χ4n) is 2.64. The predicted molar refractivity (Wildman–Crippen MR) is 87.6 cm³/mol. The summed E-state index contributed by atoms with van der Waals surface area (Å²) >= 11 is 0. The summed E-state index contributed by atoms with van der Waals surface area (Å²) in [5, 5.41) is 2.57. The zero-order chi connectivity index (χ0) is 16.4. The van der Waals surface area contributed by atoms with Crippen LogP contribution in [0.25, 0.3) is 0 Å². The van der Waals surface area contributed by atoms with Gasteiger partial charge >= 0.3 is 11.8 Å². The second kappa shape index (κ2) is 6.04. The van der Waals surface area contributed by atoms with Crippen LogP contribution in [0.2, 0.25) is 0 Å². The van der Waals surface area contributed by atoms with Crippen molar-refractivity contribution >= 4 is 29.0 Å². The number of ketones is 1. The smallest absolute Gasteiger partial charge is 0.316 e. The van der Waals surface area contributed by atoms with Crippen molar-refractivity contribution in [2.75, 3.05) is 16.8 Å². The first-order chi connectivity index (χ1) is 11.1. The van der Waals surface area contributed by atoms with Crippen LogP contribution in [0.5, 0.6) is 0 Å². The van der Waals surface area contributed by atoms with Crippen molar-refractivity contribution < 1.29 is 14.4 Å². The zero-order valence-electron chi connectivity index (χ0n) is 12.7. The summed E-state index contributed by atoms with van der Waals surface area (Å²) in [4.78, 5) is 37.2. The number of carbonyl (C=O) groups excluding carboxylic acids is 3. The minimum Gasteiger partial charge on any atom is -0.318 e. The number of hydrogen-bond donors (Lipinski definition) is 1. The van der Waals surface area contributed by atoms with Gasteiger partial charge in [0, 0.05) is 23.5 Å². The van der Waals surface area contributed by atoms with Crippen molar-refractivity contribution in [1.29, 1.82) is 0 Å². The van der Waals surface area contributed by atoms with Gasteiger partial charge in [0.15, 0.2) is 5.78 Å². The maximum Gasteiger partial charge on any atom is 0.316 e. The molecule has 0 saturated carbocycles. The molecule has 0 fully saturated rings. The summed E-state index contributed by atoms with van der Waals surface area (Å²) in [6.45, 7) is 1.98. The number of nitrogens with one attached hydrogen (secondary N) is 1. The second-order valence-electron chi connectivity index (χ2n) is 5.42. The van der Waals surface area contributed by atoms with Crippen LogP contribution in [0.3, 0.4) is 0 Å². The summed E-state index contributed by atoms with van der Waals surface area (Å²) in [6.07, 6.45) is 0.752. The van der Waals surface area contributed by atoms with Gasteiger partial charge in [-0.3, -0.25) is 14.4 Å². The molecular formula is C18H16N2O3. The lowest BCUT2D eigenvalue weighted by Crippen LogP contribution is -2.38. The average molecular weight is 308 g/mol. The first-order valence-corrected chi connectivity index (χ1v) is 7.38. The van der Waals surface area contributed by atoms with Crippen molar-refractivity contribution in [3.05, 3.63) is 59.7 Å². The standard InChI is InChI=1S/C18H16N2O3/c1-12(21)13-6-8-15(9-7-13)19-17(22)18(23)20-11-10-14-4-2-3-5-16(14)20/h2-9H,10-11H2,1H3,(H,19,22). The van der Waals surface area contributed by atoms with E-state index in [0.717, 1.165) is 17.7 Å². The van der Waals surface area contributed by atoms with E-state index in [9.17, 15) is 14.4 Å². The van der Waals surface area contributed by atoms with E-state index < -0.39 is 11.8 Å². The Hall–Kier alpha value is -2.95. The molecule has 116 valence electrons. The van der Waals surface area contributed by atoms with Crippen molar-refractivity contribution in [3.63, 3.8) is 0 Å². The van der Waals surface area contributed by atoms with Gasteiger partial charge in [-0.15, -0.1) is 0 Å². The summed E-state index contributed by atoms with van der Waals surface area (Å²) in [5.74, 6) is -1.31. The first-order valence-electron chi connectivity index (χ1n) is 7.38. The van der Waals surface area contributed by atoms with E-state index in [-0.39, 0.29) is 5.78 Å². The van der Waals surface area contributed by atoms with Gasteiger partial charge in [-0.1, -0.05) is 18.2 Å². The number of Topliss-reactive ketones (excluding diaryl/α,β-unsaturated/α-hetero) is 1. The van der Waals surface area contributed by atoms with Crippen LogP contribution in [0, 0.1) is 0 Å². The van der Waals surface area contributed by atoms with E-state index in [1.807, 2.05) is 24.3 Å². The van der Waals surface area contributed by atoms with Crippen molar-refractivity contribution in [2.24, 2.45) is 0 Å². The lowest BCUT2D eigenvalue weighted by molar-refractivity contribution is -0.134. The van der Waals surface area contributed by atoms with Gasteiger partial charge < -0.3 is 10.2 Å². The third-order valence-electron chi connectivity index (χ3n) is 3.88. The minimum atomic E-state index is -0.683. The molecule has 2 amide bonds. The highest BCUT2D eigenvalue weighted by Crippen LogP contribution is 2.27. The molecule has 0 atom stereocenters. The number of benzene rings is 2. The van der Waals surface area contributed by atoms with Crippen molar-refractivity contribution in [2.45, 2.75) is 13.3 Å². The molecule has 2 aromatic rings. The van der Waals surface area contributed by atoms with E-state index in [1.54, 1.807) is 24.3 Å². The highest BCUT2D eigenvalue weighted by atomic mass is 16.2. The van der Waals surface area contributed by atoms with Gasteiger partial charge in [-0.05, 0) is 49.2 Å². The molecule has 1 heterocycles. The number of para-hydroxylation sites is 1. The van der Waals surface area contributed by atoms with Gasteiger partial charge in [0.25, 0.3) is 0 Å². The van der Waals surface area contributed by atoms with Crippen LogP contribution >= 0.6 is 0 Å². The van der Waals surface area contributed by atoms with Crippen LogP contribution in [0.4, 0.5) is 11.4 Å². The molecule has 5 nitrogen and oxygen atoms in total. The quantitative estimate of drug-likeness (QED) is 0.684. The number of hydrogen-bond acceptors (Lipinski definition) is 3. The van der Waals surface area contributed by atoms with Crippen LogP contribution in [0.1, 0.15) is 22.8 Å².